The van der Waals surface area contributed by atoms with Gasteiger partial charge in [-0.3, -0.25) is 4.79 Å². The van der Waals surface area contributed by atoms with E-state index in [0.717, 1.165) is 12.8 Å². The maximum atomic E-state index is 12.5. The van der Waals surface area contributed by atoms with Crippen molar-refractivity contribution in [1.82, 2.24) is 5.32 Å². The lowest BCUT2D eigenvalue weighted by Gasteiger charge is -2.36. The van der Waals surface area contributed by atoms with Gasteiger partial charge in [0.05, 0.1) is 6.61 Å². The van der Waals surface area contributed by atoms with E-state index >= 15 is 0 Å². The molecule has 4 nitrogen and oxygen atoms in total. The summed E-state index contributed by atoms with van der Waals surface area (Å²) >= 11 is 0. The maximum Gasteiger partial charge on any atom is 0.328 e. The molecule has 1 N–H and O–H groups in total. The molecule has 1 rings (SSSR count). The van der Waals surface area contributed by atoms with E-state index in [4.69, 9.17) is 4.74 Å². The average molecular weight is 283 g/mol. The number of nitrogens with one attached hydrogen (secondary N) is 1. The van der Waals surface area contributed by atoms with Crippen LogP contribution in [0.1, 0.15) is 53.9 Å². The third-order valence-corrected chi connectivity index (χ3v) is 4.36. The van der Waals surface area contributed by atoms with E-state index in [-0.39, 0.29) is 17.8 Å². The van der Waals surface area contributed by atoms with Crippen molar-refractivity contribution in [2.24, 2.45) is 23.7 Å². The third kappa shape index (κ3) is 4.50. The van der Waals surface area contributed by atoms with Crippen molar-refractivity contribution >= 4 is 11.9 Å². The molecule has 0 aromatic carbocycles. The standard InChI is InChI=1S/C16H29NO3/c1-6-20-16(19)12(5)17-15(18)14-9-11(4)7-8-13(14)10(2)3/h10-14H,6-9H2,1-5H3,(H,17,18)/t11-,12+,13+,14-/m1/s1. The van der Waals surface area contributed by atoms with E-state index in [9.17, 15) is 9.59 Å². The van der Waals surface area contributed by atoms with Crippen molar-refractivity contribution in [3.05, 3.63) is 0 Å². The van der Waals surface area contributed by atoms with Gasteiger partial charge in [0.2, 0.25) is 5.91 Å². The normalized spacial score (nSPS) is 28.0. The fourth-order valence-electron chi connectivity index (χ4n) is 3.15. The molecule has 0 bridgehead atoms. The number of carbonyl (C=O) groups is 2. The Labute approximate surface area is 122 Å². The molecule has 0 aliphatic heterocycles. The van der Waals surface area contributed by atoms with Crippen LogP contribution in [-0.2, 0) is 14.3 Å². The SMILES string of the molecule is CCOC(=O)[C@H](C)NC(=O)[C@@H]1C[C@H](C)CC[C@H]1C(C)C. The second kappa shape index (κ2) is 7.65. The Morgan fingerprint density at radius 3 is 2.45 bits per heavy atom. The molecule has 116 valence electrons. The number of amides is 1. The number of hydrogen-bond donors (Lipinski definition) is 1. The molecular weight excluding hydrogens is 254 g/mol. The van der Waals surface area contributed by atoms with Crippen molar-refractivity contribution in [2.75, 3.05) is 6.61 Å². The Hall–Kier alpha value is -1.06. The first kappa shape index (κ1) is 17.0. The van der Waals surface area contributed by atoms with Gasteiger partial charge in [0.1, 0.15) is 6.04 Å². The minimum atomic E-state index is -0.563. The Balaban J connectivity index is 2.65. The predicted octanol–water partition coefficient (Wildman–Crippen LogP) is 2.76. The number of carbonyl (C=O) groups excluding carboxylic acids is 2. The molecule has 1 amide bonds. The smallest absolute Gasteiger partial charge is 0.328 e. The molecular formula is C16H29NO3. The van der Waals surface area contributed by atoms with Gasteiger partial charge in [-0.1, -0.05) is 27.2 Å². The van der Waals surface area contributed by atoms with Gasteiger partial charge in [-0.25, -0.2) is 4.79 Å². The molecule has 20 heavy (non-hydrogen) atoms. The highest BCUT2D eigenvalue weighted by atomic mass is 16.5. The lowest BCUT2D eigenvalue weighted by Crippen LogP contribution is -2.46. The topological polar surface area (TPSA) is 55.4 Å². The summed E-state index contributed by atoms with van der Waals surface area (Å²) in [7, 11) is 0. The number of ether oxygens (including phenoxy) is 1. The summed E-state index contributed by atoms with van der Waals surface area (Å²) in [5.74, 6) is 1.17. The summed E-state index contributed by atoms with van der Waals surface area (Å²) in [6.07, 6.45) is 3.22. The average Bonchev–Trinajstić information content (AvgIpc) is 2.38. The van der Waals surface area contributed by atoms with Crippen molar-refractivity contribution in [3.63, 3.8) is 0 Å². The van der Waals surface area contributed by atoms with Gasteiger partial charge in [0.25, 0.3) is 0 Å². The summed E-state index contributed by atoms with van der Waals surface area (Å²) in [6, 6.07) is -0.563. The highest BCUT2D eigenvalue weighted by Gasteiger charge is 2.36. The Morgan fingerprint density at radius 2 is 1.90 bits per heavy atom. The van der Waals surface area contributed by atoms with Gasteiger partial charge in [0, 0.05) is 5.92 Å². The molecule has 0 aromatic rings. The van der Waals surface area contributed by atoms with Crippen LogP contribution < -0.4 is 5.32 Å². The van der Waals surface area contributed by atoms with E-state index in [2.05, 4.69) is 26.1 Å². The molecule has 4 atom stereocenters. The van der Waals surface area contributed by atoms with Gasteiger partial charge in [-0.15, -0.1) is 0 Å². The number of esters is 1. The van der Waals surface area contributed by atoms with Crippen LogP contribution in [0.4, 0.5) is 0 Å². The minimum Gasteiger partial charge on any atom is -0.464 e. The molecule has 1 fully saturated rings. The van der Waals surface area contributed by atoms with Crippen molar-refractivity contribution in [1.29, 1.82) is 0 Å². The minimum absolute atomic E-state index is 0.0100. The van der Waals surface area contributed by atoms with Crippen LogP contribution in [0.5, 0.6) is 0 Å². The van der Waals surface area contributed by atoms with Crippen LogP contribution >= 0.6 is 0 Å². The predicted molar refractivity (Wildman–Crippen MR) is 79.1 cm³/mol. The molecule has 0 unspecified atom stereocenters. The van der Waals surface area contributed by atoms with Crippen LogP contribution in [0.3, 0.4) is 0 Å². The van der Waals surface area contributed by atoms with Crippen LogP contribution in [-0.4, -0.2) is 24.5 Å². The molecule has 0 spiro atoms. The first-order chi connectivity index (χ1) is 9.36. The van der Waals surface area contributed by atoms with E-state index in [0.29, 0.717) is 24.4 Å². The zero-order chi connectivity index (χ0) is 15.3. The summed E-state index contributed by atoms with van der Waals surface area (Å²) in [6.45, 7) is 10.3. The zero-order valence-corrected chi connectivity index (χ0v) is 13.4. The third-order valence-electron chi connectivity index (χ3n) is 4.36. The lowest BCUT2D eigenvalue weighted by molar-refractivity contribution is -0.147. The summed E-state index contributed by atoms with van der Waals surface area (Å²) < 4.78 is 4.93. The summed E-state index contributed by atoms with van der Waals surface area (Å²) in [5.41, 5.74) is 0. The van der Waals surface area contributed by atoms with Crippen molar-refractivity contribution in [2.45, 2.75) is 59.9 Å². The maximum absolute atomic E-state index is 12.5. The molecule has 1 aliphatic rings. The Bertz CT molecular complexity index is 341. The summed E-state index contributed by atoms with van der Waals surface area (Å²) in [5, 5.41) is 2.83. The van der Waals surface area contributed by atoms with Crippen molar-refractivity contribution < 1.29 is 14.3 Å². The Kier molecular flexibility index (Phi) is 6.50. The molecule has 0 heterocycles. The van der Waals surface area contributed by atoms with Gasteiger partial charge >= 0.3 is 5.97 Å². The van der Waals surface area contributed by atoms with Crippen LogP contribution in [0.2, 0.25) is 0 Å². The second-order valence-corrected chi connectivity index (χ2v) is 6.41. The van der Waals surface area contributed by atoms with Crippen LogP contribution in [0.25, 0.3) is 0 Å². The van der Waals surface area contributed by atoms with E-state index < -0.39 is 6.04 Å². The fraction of sp³-hybridized carbons (Fsp3) is 0.875. The molecule has 0 radical (unpaired) electrons. The molecule has 0 aromatic heterocycles. The first-order valence-corrected chi connectivity index (χ1v) is 7.83. The second-order valence-electron chi connectivity index (χ2n) is 6.41. The number of hydrogen-bond acceptors (Lipinski definition) is 3. The molecule has 1 saturated carbocycles. The monoisotopic (exact) mass is 283 g/mol. The van der Waals surface area contributed by atoms with Crippen LogP contribution in [0.15, 0.2) is 0 Å². The fourth-order valence-corrected chi connectivity index (χ4v) is 3.15. The van der Waals surface area contributed by atoms with E-state index in [1.165, 1.54) is 6.42 Å². The van der Waals surface area contributed by atoms with Gasteiger partial charge in [-0.05, 0) is 44.4 Å². The largest absolute Gasteiger partial charge is 0.464 e. The molecule has 1 aliphatic carbocycles. The lowest BCUT2D eigenvalue weighted by atomic mass is 9.69. The van der Waals surface area contributed by atoms with Crippen molar-refractivity contribution in [3.8, 4) is 0 Å². The highest BCUT2D eigenvalue weighted by molar-refractivity contribution is 5.85. The Morgan fingerprint density at radius 1 is 1.25 bits per heavy atom. The van der Waals surface area contributed by atoms with Gasteiger partial charge < -0.3 is 10.1 Å². The highest BCUT2D eigenvalue weighted by Crippen LogP contribution is 2.38. The molecule has 0 saturated heterocycles. The zero-order valence-electron chi connectivity index (χ0n) is 13.4. The number of rotatable bonds is 5. The molecule has 4 heteroatoms. The van der Waals surface area contributed by atoms with E-state index in [1.807, 2.05) is 0 Å². The first-order valence-electron chi connectivity index (χ1n) is 7.83. The van der Waals surface area contributed by atoms with Gasteiger partial charge in [-0.2, -0.15) is 0 Å². The van der Waals surface area contributed by atoms with E-state index in [1.54, 1.807) is 13.8 Å². The summed E-state index contributed by atoms with van der Waals surface area (Å²) in [4.78, 5) is 24.1. The van der Waals surface area contributed by atoms with Crippen LogP contribution in [0, 0.1) is 23.7 Å². The quantitative estimate of drug-likeness (QED) is 0.789. The van der Waals surface area contributed by atoms with Gasteiger partial charge in [0.15, 0.2) is 0 Å².